The molecule has 2 aromatic heterocycles. The van der Waals surface area contributed by atoms with Crippen LogP contribution in [0, 0.1) is 5.41 Å². The van der Waals surface area contributed by atoms with Crippen molar-refractivity contribution in [3.8, 4) is 0 Å². The Labute approximate surface area is 141 Å². The molecule has 2 fully saturated rings. The molecule has 2 aromatic rings. The topological polar surface area (TPSA) is 108 Å². The highest BCUT2D eigenvalue weighted by molar-refractivity contribution is 7.89. The molecule has 8 nitrogen and oxygen atoms in total. The predicted octanol–water partition coefficient (Wildman–Crippen LogP) is 0.147. The molecule has 0 radical (unpaired) electrons. The molecule has 1 unspecified atom stereocenters. The summed E-state index contributed by atoms with van der Waals surface area (Å²) in [5.74, 6) is 0.852. The molecule has 1 atom stereocenters. The van der Waals surface area contributed by atoms with Crippen LogP contribution >= 0.6 is 0 Å². The number of nitrogens with zero attached hydrogens (tertiary/aromatic N) is 4. The Morgan fingerprint density at radius 1 is 1.46 bits per heavy atom. The first kappa shape index (κ1) is 15.8. The summed E-state index contributed by atoms with van der Waals surface area (Å²) in [5, 5.41) is 0.957. The van der Waals surface area contributed by atoms with Gasteiger partial charge in [-0.2, -0.15) is 4.31 Å². The Bertz CT molecular complexity index is 860. The molecule has 9 heteroatoms. The number of nitrogens with one attached hydrogen (secondary N) is 1. The summed E-state index contributed by atoms with van der Waals surface area (Å²) in [5.41, 5.74) is 6.30. The Morgan fingerprint density at radius 3 is 2.96 bits per heavy atom. The molecule has 4 rings (SSSR count). The summed E-state index contributed by atoms with van der Waals surface area (Å²) in [6.45, 7) is 1.24. The molecule has 0 aromatic carbocycles. The van der Waals surface area contributed by atoms with Crippen LogP contribution in [-0.2, 0) is 10.0 Å². The average Bonchev–Trinajstić information content (AvgIpc) is 2.98. The number of H-pyrrole nitrogens is 1. The van der Waals surface area contributed by atoms with E-state index in [0.717, 1.165) is 29.7 Å². The molecule has 1 aliphatic carbocycles. The molecule has 24 heavy (non-hydrogen) atoms. The van der Waals surface area contributed by atoms with E-state index in [2.05, 4.69) is 19.9 Å². The Morgan fingerprint density at radius 2 is 2.25 bits per heavy atom. The number of nitrogens with two attached hydrogens (primary N) is 1. The number of fused-ring (bicyclic) bond motifs is 1. The van der Waals surface area contributed by atoms with E-state index in [1.54, 1.807) is 10.6 Å². The molecule has 1 saturated carbocycles. The number of anilines is 1. The summed E-state index contributed by atoms with van der Waals surface area (Å²) < 4.78 is 26.5. The van der Waals surface area contributed by atoms with E-state index < -0.39 is 10.0 Å². The van der Waals surface area contributed by atoms with Gasteiger partial charge in [-0.3, -0.25) is 0 Å². The summed E-state index contributed by atoms with van der Waals surface area (Å²) in [4.78, 5) is 13.9. The average molecular weight is 350 g/mol. The number of aromatic amines is 1. The molecular formula is C15H22N6O2S. The molecule has 1 saturated heterocycles. The lowest BCUT2D eigenvalue weighted by Gasteiger charge is -2.30. The number of hydrogen-bond acceptors (Lipinski definition) is 6. The minimum atomic E-state index is -3.28. The number of rotatable bonds is 5. The molecule has 130 valence electrons. The minimum Gasteiger partial charge on any atom is -0.354 e. The Kier molecular flexibility index (Phi) is 3.55. The molecule has 1 aliphatic heterocycles. The molecule has 0 amide bonds. The summed E-state index contributed by atoms with van der Waals surface area (Å²) in [7, 11) is -1.28. The fraction of sp³-hybridized carbons (Fsp3) is 0.600. The van der Waals surface area contributed by atoms with E-state index in [0.29, 0.717) is 13.1 Å². The van der Waals surface area contributed by atoms with Crippen molar-refractivity contribution in [1.29, 1.82) is 0 Å². The summed E-state index contributed by atoms with van der Waals surface area (Å²) in [6.07, 6.45) is 5.49. The highest BCUT2D eigenvalue weighted by atomic mass is 32.2. The van der Waals surface area contributed by atoms with Gasteiger partial charge in [0.2, 0.25) is 10.0 Å². The van der Waals surface area contributed by atoms with Crippen molar-refractivity contribution in [2.24, 2.45) is 11.1 Å². The van der Waals surface area contributed by atoms with Crippen LogP contribution in [0.4, 0.5) is 5.82 Å². The van der Waals surface area contributed by atoms with Gasteiger partial charge >= 0.3 is 0 Å². The molecule has 0 bridgehead atoms. The van der Waals surface area contributed by atoms with E-state index in [4.69, 9.17) is 5.73 Å². The highest BCUT2D eigenvalue weighted by Crippen LogP contribution is 2.55. The van der Waals surface area contributed by atoms with Crippen LogP contribution in [0.5, 0.6) is 0 Å². The zero-order valence-corrected chi connectivity index (χ0v) is 14.5. The van der Waals surface area contributed by atoms with E-state index in [-0.39, 0.29) is 23.8 Å². The van der Waals surface area contributed by atoms with Crippen LogP contribution in [0.15, 0.2) is 18.6 Å². The van der Waals surface area contributed by atoms with Crippen LogP contribution in [0.3, 0.4) is 0 Å². The fourth-order valence-corrected chi connectivity index (χ4v) is 5.25. The lowest BCUT2D eigenvalue weighted by atomic mass is 9.99. The molecule has 2 aliphatic rings. The number of aromatic nitrogens is 3. The van der Waals surface area contributed by atoms with E-state index in [1.807, 2.05) is 19.3 Å². The Hall–Kier alpha value is -1.71. The minimum absolute atomic E-state index is 0.00901. The molecule has 3 N–H and O–H groups in total. The van der Waals surface area contributed by atoms with E-state index in [9.17, 15) is 8.42 Å². The first-order valence-corrected chi connectivity index (χ1v) is 9.77. The maximum Gasteiger partial charge on any atom is 0.215 e. The number of hydrogen-bond donors (Lipinski definition) is 2. The summed E-state index contributed by atoms with van der Waals surface area (Å²) >= 11 is 0. The first-order valence-electron chi connectivity index (χ1n) is 8.16. The van der Waals surface area contributed by atoms with Gasteiger partial charge in [0.1, 0.15) is 17.8 Å². The maximum atomic E-state index is 12.4. The zero-order chi connectivity index (χ0) is 16.9. The lowest BCUT2D eigenvalue weighted by molar-refractivity contribution is 0.446. The van der Waals surface area contributed by atoms with Gasteiger partial charge in [0.25, 0.3) is 0 Å². The third-order valence-electron chi connectivity index (χ3n) is 5.37. The van der Waals surface area contributed by atoms with Crippen molar-refractivity contribution in [3.63, 3.8) is 0 Å². The van der Waals surface area contributed by atoms with Crippen molar-refractivity contribution >= 4 is 26.9 Å². The lowest BCUT2D eigenvalue weighted by Crippen LogP contribution is -2.40. The van der Waals surface area contributed by atoms with Gasteiger partial charge in [-0.15, -0.1) is 0 Å². The van der Waals surface area contributed by atoms with Crippen LogP contribution < -0.4 is 10.6 Å². The summed E-state index contributed by atoms with van der Waals surface area (Å²) in [6, 6.07) is 2.08. The van der Waals surface area contributed by atoms with Crippen molar-refractivity contribution in [2.45, 2.75) is 18.9 Å². The third kappa shape index (κ3) is 2.38. The molecule has 3 heterocycles. The second-order valence-corrected chi connectivity index (χ2v) is 8.91. The van der Waals surface area contributed by atoms with Gasteiger partial charge in [0.05, 0.1) is 17.2 Å². The maximum absolute atomic E-state index is 12.4. The van der Waals surface area contributed by atoms with Crippen molar-refractivity contribution in [1.82, 2.24) is 19.3 Å². The van der Waals surface area contributed by atoms with Gasteiger partial charge < -0.3 is 15.6 Å². The largest absolute Gasteiger partial charge is 0.354 e. The first-order chi connectivity index (χ1) is 11.5. The third-order valence-corrected chi connectivity index (χ3v) is 7.19. The molecular weight excluding hydrogens is 328 g/mol. The van der Waals surface area contributed by atoms with Crippen molar-refractivity contribution in [2.75, 3.05) is 37.3 Å². The van der Waals surface area contributed by atoms with Crippen molar-refractivity contribution < 1.29 is 8.42 Å². The zero-order valence-electron chi connectivity index (χ0n) is 13.6. The van der Waals surface area contributed by atoms with Crippen LogP contribution in [0.25, 0.3) is 11.0 Å². The van der Waals surface area contributed by atoms with Gasteiger partial charge in [-0.25, -0.2) is 18.4 Å². The smallest absolute Gasteiger partial charge is 0.215 e. The van der Waals surface area contributed by atoms with Crippen LogP contribution in [-0.4, -0.2) is 66.2 Å². The van der Waals surface area contributed by atoms with Crippen molar-refractivity contribution in [3.05, 3.63) is 18.6 Å². The fourth-order valence-electron chi connectivity index (χ4n) is 3.87. The second kappa shape index (κ2) is 5.40. The SMILES string of the molecule is CN(c1ncnc2[nH]ccc12)C1CN(S(=O)(=O)CCN)CC12CC2. The van der Waals surface area contributed by atoms with Gasteiger partial charge in [-0.05, 0) is 18.9 Å². The normalized spacial score (nSPS) is 23.2. The monoisotopic (exact) mass is 350 g/mol. The van der Waals surface area contributed by atoms with Crippen LogP contribution in [0.2, 0.25) is 0 Å². The quantitative estimate of drug-likeness (QED) is 0.794. The van der Waals surface area contributed by atoms with Gasteiger partial charge in [0.15, 0.2) is 0 Å². The standard InChI is InChI=1S/C15H22N6O2S/c1-20(14-11-2-6-17-13(11)18-10-19-14)12-8-21(9-15(12)3-4-15)24(22,23)7-5-16/h2,6,10,12H,3-5,7-9,16H2,1H3,(H,17,18,19). The highest BCUT2D eigenvalue weighted by Gasteiger charge is 2.58. The Balaban J connectivity index is 1.65. The van der Waals surface area contributed by atoms with Gasteiger partial charge in [-0.1, -0.05) is 0 Å². The van der Waals surface area contributed by atoms with Crippen LogP contribution in [0.1, 0.15) is 12.8 Å². The number of sulfonamides is 1. The second-order valence-electron chi connectivity index (χ2n) is 6.82. The van der Waals surface area contributed by atoms with E-state index in [1.165, 1.54) is 0 Å². The van der Waals surface area contributed by atoms with E-state index >= 15 is 0 Å². The molecule has 1 spiro atoms. The number of likely N-dealkylation sites (N-methyl/N-ethyl adjacent to an activating group) is 1. The van der Waals surface area contributed by atoms with Gasteiger partial charge in [0, 0.05) is 38.3 Å². The predicted molar refractivity (Wildman–Crippen MR) is 92.2 cm³/mol.